The lowest BCUT2D eigenvalue weighted by atomic mass is 10.1. The topological polar surface area (TPSA) is 130 Å². The molecule has 1 rings (SSSR count). The highest BCUT2D eigenvalue weighted by Gasteiger charge is 2.38. The number of aliphatic hydroxyl groups is 3. The number of benzene rings is 1. The average Bonchev–Trinajstić information content (AvgIpc) is 2.36. The van der Waals surface area contributed by atoms with E-state index in [-0.39, 0.29) is 5.75 Å². The molecule has 0 saturated carbocycles. The van der Waals surface area contributed by atoms with Gasteiger partial charge in [-0.15, -0.1) is 0 Å². The van der Waals surface area contributed by atoms with Gasteiger partial charge in [-0.05, 0) is 24.3 Å². The second kappa shape index (κ2) is 5.58. The maximum atomic E-state index is 10.6. The van der Waals surface area contributed by atoms with E-state index in [2.05, 4.69) is 0 Å². The molecule has 7 nitrogen and oxygen atoms in total. The predicted molar refractivity (Wildman–Crippen MR) is 59.7 cm³/mol. The fraction of sp³-hybridized carbons (Fsp3) is 0.273. The van der Waals surface area contributed by atoms with Crippen molar-refractivity contribution in [1.29, 1.82) is 0 Å². The Kier molecular flexibility index (Phi) is 4.38. The molecule has 1 atom stereocenters. The largest absolute Gasteiger partial charge is 0.488 e. The maximum absolute atomic E-state index is 10.6. The number of carbonyl (C=O) groups excluding carboxylic acids is 2. The van der Waals surface area contributed by atoms with Gasteiger partial charge in [0.15, 0.2) is 6.10 Å². The predicted octanol–water partition coefficient (Wildman–Crippen LogP) is -1.59. The summed E-state index contributed by atoms with van der Waals surface area (Å²) in [5, 5.41) is 27.8. The van der Waals surface area contributed by atoms with Crippen LogP contribution in [0.3, 0.4) is 0 Å². The Morgan fingerprint density at radius 2 is 1.94 bits per heavy atom. The molecular formula is C11H13NO6. The fourth-order valence-corrected chi connectivity index (χ4v) is 1.14. The number of aldehydes is 1. The highest BCUT2D eigenvalue weighted by Crippen LogP contribution is 2.14. The lowest BCUT2D eigenvalue weighted by molar-refractivity contribution is -0.234. The molecule has 1 aromatic rings. The quantitative estimate of drug-likeness (QED) is 0.358. The zero-order valence-electron chi connectivity index (χ0n) is 9.31. The van der Waals surface area contributed by atoms with E-state index in [1.54, 1.807) is 0 Å². The van der Waals surface area contributed by atoms with Gasteiger partial charge in [0.05, 0.1) is 0 Å². The van der Waals surface area contributed by atoms with Crippen LogP contribution in [0.2, 0.25) is 0 Å². The molecule has 1 amide bonds. The van der Waals surface area contributed by atoms with E-state index in [4.69, 9.17) is 15.6 Å². The molecule has 5 N–H and O–H groups in total. The minimum absolute atomic E-state index is 0.241. The molecule has 1 unspecified atom stereocenters. The number of aliphatic hydroxyl groups excluding tert-OH is 1. The zero-order valence-corrected chi connectivity index (χ0v) is 9.31. The molecule has 0 aliphatic heterocycles. The van der Waals surface area contributed by atoms with Crippen molar-refractivity contribution in [2.24, 2.45) is 5.73 Å². The van der Waals surface area contributed by atoms with Crippen LogP contribution >= 0.6 is 0 Å². The van der Waals surface area contributed by atoms with Crippen LogP contribution in [0.4, 0.5) is 0 Å². The highest BCUT2D eigenvalue weighted by atomic mass is 16.6. The van der Waals surface area contributed by atoms with Gasteiger partial charge in [-0.25, -0.2) is 0 Å². The molecule has 0 fully saturated rings. The Morgan fingerprint density at radius 1 is 1.39 bits per heavy atom. The normalized spacial score (nSPS) is 12.8. The summed E-state index contributed by atoms with van der Waals surface area (Å²) >= 11 is 0. The first kappa shape index (κ1) is 14.1. The molecule has 0 aliphatic rings. The lowest BCUT2D eigenvalue weighted by Crippen LogP contribution is -2.53. The van der Waals surface area contributed by atoms with Crippen LogP contribution in [-0.4, -0.2) is 46.0 Å². The SMILES string of the molecule is NC(=O)C(O)C(O)(O)COc1ccc(C=O)cc1. The molecule has 0 bridgehead atoms. The monoisotopic (exact) mass is 255 g/mol. The number of amides is 1. The second-order valence-corrected chi connectivity index (χ2v) is 3.66. The third kappa shape index (κ3) is 3.52. The van der Waals surface area contributed by atoms with Gasteiger partial charge in [-0.1, -0.05) is 0 Å². The van der Waals surface area contributed by atoms with E-state index in [1.807, 2.05) is 0 Å². The molecule has 0 spiro atoms. The summed E-state index contributed by atoms with van der Waals surface area (Å²) in [7, 11) is 0. The van der Waals surface area contributed by atoms with Crippen molar-refractivity contribution < 1.29 is 29.6 Å². The van der Waals surface area contributed by atoms with Crippen molar-refractivity contribution in [3.05, 3.63) is 29.8 Å². The van der Waals surface area contributed by atoms with Gasteiger partial charge in [0.2, 0.25) is 5.79 Å². The van der Waals surface area contributed by atoms with Gasteiger partial charge in [-0.2, -0.15) is 0 Å². The third-order valence-corrected chi connectivity index (χ3v) is 2.17. The van der Waals surface area contributed by atoms with E-state index in [1.165, 1.54) is 24.3 Å². The molecule has 0 saturated heterocycles. The van der Waals surface area contributed by atoms with Crippen molar-refractivity contribution >= 4 is 12.2 Å². The Balaban J connectivity index is 2.63. The molecule has 98 valence electrons. The number of carbonyl (C=O) groups is 2. The number of hydrogen-bond donors (Lipinski definition) is 4. The van der Waals surface area contributed by atoms with Crippen molar-refractivity contribution in [1.82, 2.24) is 0 Å². The van der Waals surface area contributed by atoms with Crippen molar-refractivity contribution in [3.8, 4) is 5.75 Å². The lowest BCUT2D eigenvalue weighted by Gasteiger charge is -2.25. The number of nitrogens with two attached hydrogens (primary N) is 1. The molecule has 0 aliphatic carbocycles. The number of rotatable bonds is 6. The summed E-state index contributed by atoms with van der Waals surface area (Å²) in [6, 6.07) is 5.78. The van der Waals surface area contributed by atoms with Crippen LogP contribution in [-0.2, 0) is 4.79 Å². The van der Waals surface area contributed by atoms with Crippen molar-refractivity contribution in [2.45, 2.75) is 11.9 Å². The van der Waals surface area contributed by atoms with Gasteiger partial charge < -0.3 is 25.8 Å². The van der Waals surface area contributed by atoms with E-state index in [0.29, 0.717) is 11.8 Å². The molecule has 0 aromatic heterocycles. The van der Waals surface area contributed by atoms with E-state index in [0.717, 1.165) is 0 Å². The van der Waals surface area contributed by atoms with Gasteiger partial charge in [0.1, 0.15) is 18.6 Å². The zero-order chi connectivity index (χ0) is 13.8. The molecule has 1 aromatic carbocycles. The second-order valence-electron chi connectivity index (χ2n) is 3.66. The Morgan fingerprint density at radius 3 is 2.39 bits per heavy atom. The Bertz CT molecular complexity index is 428. The molecular weight excluding hydrogens is 242 g/mol. The summed E-state index contributed by atoms with van der Waals surface area (Å²) < 4.78 is 4.96. The first-order chi connectivity index (χ1) is 8.36. The molecule has 0 heterocycles. The van der Waals surface area contributed by atoms with Crippen LogP contribution in [0, 0.1) is 0 Å². The Hall–Kier alpha value is -1.96. The van der Waals surface area contributed by atoms with Crippen LogP contribution in [0.15, 0.2) is 24.3 Å². The molecule has 7 heteroatoms. The van der Waals surface area contributed by atoms with Gasteiger partial charge in [0.25, 0.3) is 5.91 Å². The summed E-state index contributed by atoms with van der Waals surface area (Å²) in [4.78, 5) is 21.0. The van der Waals surface area contributed by atoms with E-state index >= 15 is 0 Å². The van der Waals surface area contributed by atoms with E-state index < -0.39 is 24.4 Å². The minimum atomic E-state index is -2.78. The number of primary amides is 1. The van der Waals surface area contributed by atoms with Crippen LogP contribution in [0.1, 0.15) is 10.4 Å². The fourth-order valence-electron chi connectivity index (χ4n) is 1.14. The van der Waals surface area contributed by atoms with Gasteiger partial charge in [0, 0.05) is 5.56 Å². The minimum Gasteiger partial charge on any atom is -0.488 e. The van der Waals surface area contributed by atoms with Crippen molar-refractivity contribution in [2.75, 3.05) is 6.61 Å². The van der Waals surface area contributed by atoms with Crippen molar-refractivity contribution in [3.63, 3.8) is 0 Å². The first-order valence-corrected chi connectivity index (χ1v) is 4.97. The van der Waals surface area contributed by atoms with E-state index in [9.17, 15) is 19.8 Å². The van der Waals surface area contributed by atoms with Crippen LogP contribution in [0.25, 0.3) is 0 Å². The van der Waals surface area contributed by atoms with Gasteiger partial charge >= 0.3 is 0 Å². The standard InChI is InChI=1S/C11H13NO6/c12-10(15)9(14)11(16,17)6-18-8-3-1-7(5-13)2-4-8/h1-5,9,14,16-17H,6H2,(H2,12,15). The maximum Gasteiger partial charge on any atom is 0.252 e. The summed E-state index contributed by atoms with van der Waals surface area (Å²) in [5.41, 5.74) is 5.16. The average molecular weight is 255 g/mol. The number of hydrogen-bond acceptors (Lipinski definition) is 6. The molecule has 18 heavy (non-hydrogen) atoms. The van der Waals surface area contributed by atoms with Crippen LogP contribution in [0.5, 0.6) is 5.75 Å². The Labute approximate surface area is 102 Å². The summed E-state index contributed by atoms with van der Waals surface area (Å²) in [6.45, 7) is -0.752. The summed E-state index contributed by atoms with van der Waals surface area (Å²) in [6.07, 6.45) is -1.52. The highest BCUT2D eigenvalue weighted by molar-refractivity contribution is 5.79. The third-order valence-electron chi connectivity index (χ3n) is 2.17. The first-order valence-electron chi connectivity index (χ1n) is 4.97. The number of ether oxygens (including phenoxy) is 1. The van der Waals surface area contributed by atoms with Gasteiger partial charge in [-0.3, -0.25) is 9.59 Å². The van der Waals surface area contributed by atoms with Crippen LogP contribution < -0.4 is 10.5 Å². The summed E-state index contributed by atoms with van der Waals surface area (Å²) in [5.74, 6) is -3.82. The smallest absolute Gasteiger partial charge is 0.252 e. The molecule has 0 radical (unpaired) electrons.